The maximum Gasteiger partial charge on any atom is 0.223 e. The van der Waals surface area contributed by atoms with Crippen LogP contribution in [0.3, 0.4) is 0 Å². The first kappa shape index (κ1) is 23.2. The number of benzene rings is 1. The number of hydrogen-bond donors (Lipinski definition) is 2. The van der Waals surface area contributed by atoms with Crippen molar-refractivity contribution in [2.45, 2.75) is 31.7 Å². The molecule has 3 aromatic heterocycles. The first-order valence-corrected chi connectivity index (χ1v) is 11.9. The van der Waals surface area contributed by atoms with Crippen molar-refractivity contribution in [2.24, 2.45) is 5.92 Å². The van der Waals surface area contributed by atoms with Crippen LogP contribution in [-0.4, -0.2) is 62.6 Å². The molecule has 2 N–H and O–H groups in total. The molecule has 1 saturated heterocycles. The number of nitrogens with zero attached hydrogens (tertiary/aromatic N) is 5. The van der Waals surface area contributed by atoms with Gasteiger partial charge in [0.15, 0.2) is 5.65 Å². The van der Waals surface area contributed by atoms with Crippen LogP contribution in [0.15, 0.2) is 54.9 Å². The molecule has 0 spiro atoms. The van der Waals surface area contributed by atoms with Gasteiger partial charge in [-0.1, -0.05) is 19.1 Å². The van der Waals surface area contributed by atoms with Gasteiger partial charge in [-0.05, 0) is 54.7 Å². The van der Waals surface area contributed by atoms with Crippen LogP contribution in [0.4, 0.5) is 5.95 Å². The Morgan fingerprint density at radius 2 is 1.94 bits per heavy atom. The second kappa shape index (κ2) is 10.4. The number of methoxy groups -OCH3 is 1. The third-order valence-electron chi connectivity index (χ3n) is 6.55. The molecule has 5 rings (SSSR count). The van der Waals surface area contributed by atoms with Crippen LogP contribution in [0.2, 0.25) is 0 Å². The minimum absolute atomic E-state index is 0.0352. The van der Waals surface area contributed by atoms with Crippen LogP contribution >= 0.6 is 0 Å². The normalized spacial score (nSPS) is 16.2. The first-order chi connectivity index (χ1) is 17.2. The Morgan fingerprint density at radius 1 is 1.14 bits per heavy atom. The van der Waals surface area contributed by atoms with Crippen LogP contribution in [0.25, 0.3) is 16.9 Å². The highest BCUT2D eigenvalue weighted by Gasteiger charge is 2.26. The van der Waals surface area contributed by atoms with E-state index in [1.165, 1.54) is 0 Å². The molecule has 4 heterocycles. The zero-order valence-electron chi connectivity index (χ0n) is 20.0. The number of nitrogens with one attached hydrogen (secondary N) is 1. The number of hydrogen-bond acceptors (Lipinski definition) is 8. The van der Waals surface area contributed by atoms with Crippen LogP contribution < -0.4 is 10.1 Å². The maximum absolute atomic E-state index is 9.97. The van der Waals surface area contributed by atoms with E-state index in [2.05, 4.69) is 20.5 Å². The van der Waals surface area contributed by atoms with Gasteiger partial charge in [-0.3, -0.25) is 4.40 Å². The maximum atomic E-state index is 9.97. The fourth-order valence-electron chi connectivity index (χ4n) is 4.54. The largest absolute Gasteiger partial charge is 0.497 e. The Balaban J connectivity index is 1.44. The summed E-state index contributed by atoms with van der Waals surface area (Å²) in [4.78, 5) is 9.12. The summed E-state index contributed by atoms with van der Waals surface area (Å²) in [5.41, 5.74) is 3.52. The minimum Gasteiger partial charge on any atom is -0.497 e. The molecule has 0 saturated carbocycles. The summed E-state index contributed by atoms with van der Waals surface area (Å²) in [6, 6.07) is 14.1. The summed E-state index contributed by atoms with van der Waals surface area (Å²) >= 11 is 0. The SMILES string of the molecule is COc1ccc([C@@H](c2nnc3cc(-c4ccnc(NC5CCOCC5)n4)ccn23)[C@H](C)CO)cc1. The standard InChI is InChI=1S/C26H30N6O3/c1-17(16-33)24(18-3-5-21(34-2)6-4-18)25-31-30-23-15-19(8-12-32(23)25)22-7-11-27-26(29-22)28-20-9-13-35-14-10-20/h3-8,11-12,15,17,20,24,33H,9-10,13-14,16H2,1-2H3,(H,27,28,29)/t17-,24+/m1/s1. The van der Waals surface area contributed by atoms with Crippen LogP contribution in [0.5, 0.6) is 5.75 Å². The van der Waals surface area contributed by atoms with Crippen molar-refractivity contribution >= 4 is 11.6 Å². The number of rotatable bonds is 8. The number of ether oxygens (including phenoxy) is 2. The van der Waals surface area contributed by atoms with Gasteiger partial charge >= 0.3 is 0 Å². The Labute approximate surface area is 204 Å². The monoisotopic (exact) mass is 474 g/mol. The van der Waals surface area contributed by atoms with Gasteiger partial charge in [0.2, 0.25) is 5.95 Å². The third kappa shape index (κ3) is 4.96. The predicted molar refractivity (Wildman–Crippen MR) is 133 cm³/mol. The summed E-state index contributed by atoms with van der Waals surface area (Å²) in [5, 5.41) is 22.4. The van der Waals surface area contributed by atoms with Crippen molar-refractivity contribution in [2.75, 3.05) is 32.2 Å². The highest BCUT2D eigenvalue weighted by Crippen LogP contribution is 2.33. The van der Waals surface area contributed by atoms with E-state index in [4.69, 9.17) is 14.5 Å². The van der Waals surface area contributed by atoms with Gasteiger partial charge in [-0.25, -0.2) is 9.97 Å². The predicted octanol–water partition coefficient (Wildman–Crippen LogP) is 3.55. The second-order valence-electron chi connectivity index (χ2n) is 8.91. The fourth-order valence-corrected chi connectivity index (χ4v) is 4.54. The lowest BCUT2D eigenvalue weighted by molar-refractivity contribution is 0.0903. The van der Waals surface area contributed by atoms with Gasteiger partial charge in [0, 0.05) is 49.7 Å². The Kier molecular flexibility index (Phi) is 6.87. The molecule has 0 aliphatic carbocycles. The minimum atomic E-state index is -0.124. The number of pyridine rings is 1. The molecule has 0 bridgehead atoms. The van der Waals surface area contributed by atoms with Gasteiger partial charge in [0.1, 0.15) is 11.6 Å². The Morgan fingerprint density at radius 3 is 2.69 bits per heavy atom. The van der Waals surface area contributed by atoms with Crippen molar-refractivity contribution in [1.82, 2.24) is 24.6 Å². The quantitative estimate of drug-likeness (QED) is 0.399. The third-order valence-corrected chi connectivity index (χ3v) is 6.55. The van der Waals surface area contributed by atoms with E-state index >= 15 is 0 Å². The molecule has 1 aliphatic heterocycles. The molecule has 2 atom stereocenters. The molecule has 182 valence electrons. The van der Waals surface area contributed by atoms with Crippen molar-refractivity contribution in [1.29, 1.82) is 0 Å². The van der Waals surface area contributed by atoms with E-state index in [1.54, 1.807) is 13.3 Å². The lowest BCUT2D eigenvalue weighted by Crippen LogP contribution is -2.28. The van der Waals surface area contributed by atoms with Gasteiger partial charge in [0.25, 0.3) is 0 Å². The fraction of sp³-hybridized carbons (Fsp3) is 0.385. The number of fused-ring (bicyclic) bond motifs is 1. The first-order valence-electron chi connectivity index (χ1n) is 11.9. The van der Waals surface area contributed by atoms with Crippen molar-refractivity contribution in [3.05, 3.63) is 66.2 Å². The molecule has 0 radical (unpaired) electrons. The molecule has 9 nitrogen and oxygen atoms in total. The lowest BCUT2D eigenvalue weighted by Gasteiger charge is -2.23. The van der Waals surface area contributed by atoms with E-state index in [0.29, 0.717) is 12.0 Å². The number of aromatic nitrogens is 5. The van der Waals surface area contributed by atoms with Gasteiger partial charge in [0.05, 0.1) is 12.8 Å². The van der Waals surface area contributed by atoms with Crippen LogP contribution in [0, 0.1) is 5.92 Å². The highest BCUT2D eigenvalue weighted by atomic mass is 16.5. The molecular formula is C26H30N6O3. The Bertz CT molecular complexity index is 1270. The topological polar surface area (TPSA) is 107 Å². The van der Waals surface area contributed by atoms with E-state index in [1.807, 2.05) is 60.0 Å². The number of anilines is 1. The van der Waals surface area contributed by atoms with Gasteiger partial charge < -0.3 is 19.9 Å². The molecule has 0 unspecified atom stereocenters. The smallest absolute Gasteiger partial charge is 0.223 e. The molecular weight excluding hydrogens is 444 g/mol. The Hall–Kier alpha value is -3.56. The summed E-state index contributed by atoms with van der Waals surface area (Å²) in [5.74, 6) is 2.02. The molecule has 1 aromatic carbocycles. The number of aliphatic hydroxyl groups excluding tert-OH is 1. The van der Waals surface area contributed by atoms with Gasteiger partial charge in [-0.15, -0.1) is 10.2 Å². The summed E-state index contributed by atoms with van der Waals surface area (Å²) in [6.45, 7) is 3.57. The summed E-state index contributed by atoms with van der Waals surface area (Å²) in [7, 11) is 1.65. The van der Waals surface area contributed by atoms with Crippen LogP contribution in [0.1, 0.15) is 37.1 Å². The molecule has 1 aliphatic rings. The van der Waals surface area contributed by atoms with E-state index in [-0.39, 0.29) is 18.4 Å². The highest BCUT2D eigenvalue weighted by molar-refractivity contribution is 5.64. The zero-order valence-corrected chi connectivity index (χ0v) is 20.0. The second-order valence-corrected chi connectivity index (χ2v) is 8.91. The molecule has 4 aromatic rings. The van der Waals surface area contributed by atoms with Crippen molar-refractivity contribution in [3.8, 4) is 17.0 Å². The average molecular weight is 475 g/mol. The van der Waals surface area contributed by atoms with Crippen molar-refractivity contribution in [3.63, 3.8) is 0 Å². The van der Waals surface area contributed by atoms with E-state index in [9.17, 15) is 5.11 Å². The number of aliphatic hydroxyl groups is 1. The van der Waals surface area contributed by atoms with Crippen molar-refractivity contribution < 1.29 is 14.6 Å². The average Bonchev–Trinajstić information content (AvgIpc) is 3.32. The molecule has 1 fully saturated rings. The summed E-state index contributed by atoms with van der Waals surface area (Å²) < 4.78 is 12.7. The molecule has 9 heteroatoms. The lowest BCUT2D eigenvalue weighted by atomic mass is 9.87. The van der Waals surface area contributed by atoms with E-state index < -0.39 is 0 Å². The van der Waals surface area contributed by atoms with Crippen LogP contribution in [-0.2, 0) is 4.74 Å². The summed E-state index contributed by atoms with van der Waals surface area (Å²) in [6.07, 6.45) is 5.63. The van der Waals surface area contributed by atoms with E-state index in [0.717, 1.165) is 60.1 Å². The molecule has 0 amide bonds. The molecule has 35 heavy (non-hydrogen) atoms. The van der Waals surface area contributed by atoms with Gasteiger partial charge in [-0.2, -0.15) is 0 Å². The zero-order chi connectivity index (χ0) is 24.2.